The summed E-state index contributed by atoms with van der Waals surface area (Å²) < 4.78 is 5.69. The maximum absolute atomic E-state index is 12.3. The zero-order chi connectivity index (χ0) is 18.9. The van der Waals surface area contributed by atoms with Crippen LogP contribution in [0.2, 0.25) is 0 Å². The number of ether oxygens (including phenoxy) is 1. The van der Waals surface area contributed by atoms with E-state index in [9.17, 15) is 9.59 Å². The molecule has 0 unspecified atom stereocenters. The van der Waals surface area contributed by atoms with Gasteiger partial charge in [0, 0.05) is 43.4 Å². The van der Waals surface area contributed by atoms with Gasteiger partial charge in [-0.15, -0.1) is 0 Å². The van der Waals surface area contributed by atoms with Crippen LogP contribution in [-0.2, 0) is 0 Å². The molecule has 27 heavy (non-hydrogen) atoms. The summed E-state index contributed by atoms with van der Waals surface area (Å²) in [5, 5.41) is 5.49. The molecule has 0 aliphatic rings. The molecule has 3 rings (SSSR count). The highest BCUT2D eigenvalue weighted by atomic mass is 16.5. The lowest BCUT2D eigenvalue weighted by molar-refractivity contribution is 0.0927. The van der Waals surface area contributed by atoms with Crippen LogP contribution in [0.3, 0.4) is 0 Å². The van der Waals surface area contributed by atoms with Gasteiger partial charge < -0.3 is 15.4 Å². The van der Waals surface area contributed by atoms with Gasteiger partial charge in [-0.1, -0.05) is 6.07 Å². The second-order valence-electron chi connectivity index (χ2n) is 5.57. The van der Waals surface area contributed by atoms with Gasteiger partial charge in [0.05, 0.1) is 5.56 Å². The molecule has 2 amide bonds. The fourth-order valence-electron chi connectivity index (χ4n) is 2.30. The van der Waals surface area contributed by atoms with E-state index in [1.54, 1.807) is 67.1 Å². The Hall–Kier alpha value is -3.74. The van der Waals surface area contributed by atoms with Gasteiger partial charge >= 0.3 is 0 Å². The SMILES string of the molecule is O=C(NCCNC(=O)c1cccc(Oc2ccncc2)c1)c1cccnc1. The van der Waals surface area contributed by atoms with Crippen molar-refractivity contribution in [1.82, 2.24) is 20.6 Å². The molecule has 2 heterocycles. The van der Waals surface area contributed by atoms with E-state index in [-0.39, 0.29) is 11.8 Å². The minimum atomic E-state index is -0.245. The van der Waals surface area contributed by atoms with Gasteiger partial charge in [0.15, 0.2) is 0 Å². The summed E-state index contributed by atoms with van der Waals surface area (Å²) in [6.07, 6.45) is 6.35. The molecule has 0 radical (unpaired) electrons. The number of benzene rings is 1. The van der Waals surface area contributed by atoms with Crippen molar-refractivity contribution in [2.75, 3.05) is 13.1 Å². The number of aromatic nitrogens is 2. The van der Waals surface area contributed by atoms with Gasteiger partial charge in [-0.25, -0.2) is 0 Å². The highest BCUT2D eigenvalue weighted by Gasteiger charge is 2.08. The lowest BCUT2D eigenvalue weighted by Gasteiger charge is -2.09. The van der Waals surface area contributed by atoms with E-state index in [1.807, 2.05) is 0 Å². The topological polar surface area (TPSA) is 93.2 Å². The van der Waals surface area contributed by atoms with E-state index in [4.69, 9.17) is 4.74 Å². The van der Waals surface area contributed by atoms with Gasteiger partial charge in [-0.05, 0) is 42.5 Å². The average molecular weight is 362 g/mol. The van der Waals surface area contributed by atoms with Crippen LogP contribution in [0.5, 0.6) is 11.5 Å². The largest absolute Gasteiger partial charge is 0.457 e. The van der Waals surface area contributed by atoms with Gasteiger partial charge in [-0.3, -0.25) is 19.6 Å². The minimum Gasteiger partial charge on any atom is -0.457 e. The van der Waals surface area contributed by atoms with Crippen molar-refractivity contribution in [3.63, 3.8) is 0 Å². The molecule has 7 heteroatoms. The van der Waals surface area contributed by atoms with Crippen molar-refractivity contribution < 1.29 is 14.3 Å². The number of nitrogens with one attached hydrogen (secondary N) is 2. The van der Waals surface area contributed by atoms with Gasteiger partial charge in [-0.2, -0.15) is 0 Å². The Morgan fingerprint density at radius 1 is 0.778 bits per heavy atom. The fraction of sp³-hybridized carbons (Fsp3) is 0.100. The smallest absolute Gasteiger partial charge is 0.252 e. The summed E-state index contributed by atoms with van der Waals surface area (Å²) in [7, 11) is 0. The first-order chi connectivity index (χ1) is 13.2. The normalized spacial score (nSPS) is 10.1. The summed E-state index contributed by atoms with van der Waals surface area (Å²) in [6, 6.07) is 13.7. The summed E-state index contributed by atoms with van der Waals surface area (Å²) in [4.78, 5) is 32.0. The Morgan fingerprint density at radius 2 is 1.48 bits per heavy atom. The number of rotatable bonds is 7. The summed E-state index contributed by atoms with van der Waals surface area (Å²) >= 11 is 0. The average Bonchev–Trinajstić information content (AvgIpc) is 2.72. The molecule has 2 N–H and O–H groups in total. The molecule has 3 aromatic rings. The molecule has 0 aliphatic carbocycles. The van der Waals surface area contributed by atoms with Crippen molar-refractivity contribution in [3.05, 3.63) is 84.4 Å². The van der Waals surface area contributed by atoms with Crippen LogP contribution in [-0.4, -0.2) is 34.9 Å². The van der Waals surface area contributed by atoms with Crippen LogP contribution in [0, 0.1) is 0 Å². The van der Waals surface area contributed by atoms with Crippen LogP contribution in [0.25, 0.3) is 0 Å². The lowest BCUT2D eigenvalue weighted by atomic mass is 10.2. The zero-order valence-electron chi connectivity index (χ0n) is 14.5. The second kappa shape index (κ2) is 9.10. The van der Waals surface area contributed by atoms with E-state index in [2.05, 4.69) is 20.6 Å². The van der Waals surface area contributed by atoms with E-state index in [0.717, 1.165) is 0 Å². The summed E-state index contributed by atoms with van der Waals surface area (Å²) in [5.41, 5.74) is 0.949. The Kier molecular flexibility index (Phi) is 6.08. The first-order valence-corrected chi connectivity index (χ1v) is 8.37. The fourth-order valence-corrected chi connectivity index (χ4v) is 2.30. The van der Waals surface area contributed by atoms with E-state index in [0.29, 0.717) is 35.7 Å². The van der Waals surface area contributed by atoms with Gasteiger partial charge in [0.1, 0.15) is 11.5 Å². The molecule has 0 spiro atoms. The third-order valence-corrected chi connectivity index (χ3v) is 3.60. The van der Waals surface area contributed by atoms with E-state index >= 15 is 0 Å². The van der Waals surface area contributed by atoms with Crippen LogP contribution in [0.4, 0.5) is 0 Å². The molecule has 0 atom stereocenters. The summed E-state index contributed by atoms with van der Waals surface area (Å²) in [5.74, 6) is 0.718. The van der Waals surface area contributed by atoms with Crippen LogP contribution in [0.1, 0.15) is 20.7 Å². The van der Waals surface area contributed by atoms with Crippen molar-refractivity contribution in [2.24, 2.45) is 0 Å². The Balaban J connectivity index is 1.48. The number of pyridine rings is 2. The molecule has 2 aromatic heterocycles. The first-order valence-electron chi connectivity index (χ1n) is 8.37. The molecule has 0 bridgehead atoms. The Morgan fingerprint density at radius 3 is 2.19 bits per heavy atom. The minimum absolute atomic E-state index is 0.231. The van der Waals surface area contributed by atoms with Crippen LogP contribution >= 0.6 is 0 Å². The van der Waals surface area contributed by atoms with Crippen LogP contribution < -0.4 is 15.4 Å². The maximum Gasteiger partial charge on any atom is 0.252 e. The first kappa shape index (κ1) is 18.1. The van der Waals surface area contributed by atoms with Crippen LogP contribution in [0.15, 0.2) is 73.3 Å². The molecular formula is C20H18N4O3. The molecule has 136 valence electrons. The molecule has 0 aliphatic heterocycles. The number of hydrogen-bond acceptors (Lipinski definition) is 5. The monoisotopic (exact) mass is 362 g/mol. The highest BCUT2D eigenvalue weighted by Crippen LogP contribution is 2.21. The Labute approximate surface area is 156 Å². The Bertz CT molecular complexity index is 901. The molecule has 0 fully saturated rings. The third kappa shape index (κ3) is 5.37. The van der Waals surface area contributed by atoms with Gasteiger partial charge in [0.2, 0.25) is 0 Å². The standard InChI is InChI=1S/C20H18N4O3/c25-19(23-11-12-24-20(26)16-4-2-8-22-14-16)15-3-1-5-18(13-15)27-17-6-9-21-10-7-17/h1-10,13-14H,11-12H2,(H,23,25)(H,24,26). The third-order valence-electron chi connectivity index (χ3n) is 3.60. The molecule has 0 saturated carbocycles. The van der Waals surface area contributed by atoms with Crippen molar-refractivity contribution in [2.45, 2.75) is 0 Å². The maximum atomic E-state index is 12.3. The molecular weight excluding hydrogens is 344 g/mol. The number of carbonyl (C=O) groups excluding carboxylic acids is 2. The second-order valence-corrected chi connectivity index (χ2v) is 5.57. The number of nitrogens with zero attached hydrogens (tertiary/aromatic N) is 2. The van der Waals surface area contributed by atoms with E-state index in [1.165, 1.54) is 6.20 Å². The lowest BCUT2D eigenvalue weighted by Crippen LogP contribution is -2.34. The van der Waals surface area contributed by atoms with Crippen molar-refractivity contribution >= 4 is 11.8 Å². The predicted molar refractivity (Wildman–Crippen MR) is 99.7 cm³/mol. The molecule has 1 aromatic carbocycles. The summed E-state index contributed by atoms with van der Waals surface area (Å²) in [6.45, 7) is 0.618. The number of amides is 2. The predicted octanol–water partition coefficient (Wildman–Crippen LogP) is 2.43. The van der Waals surface area contributed by atoms with E-state index < -0.39 is 0 Å². The molecule has 0 saturated heterocycles. The van der Waals surface area contributed by atoms with Gasteiger partial charge in [0.25, 0.3) is 11.8 Å². The molecule has 7 nitrogen and oxygen atoms in total. The number of carbonyl (C=O) groups is 2. The zero-order valence-corrected chi connectivity index (χ0v) is 14.5. The van der Waals surface area contributed by atoms with Crippen molar-refractivity contribution in [1.29, 1.82) is 0 Å². The quantitative estimate of drug-likeness (QED) is 0.630. The highest BCUT2D eigenvalue weighted by molar-refractivity contribution is 5.95. The number of hydrogen-bond donors (Lipinski definition) is 2. The van der Waals surface area contributed by atoms with Crippen molar-refractivity contribution in [3.8, 4) is 11.5 Å².